The minimum Gasteiger partial charge on any atom is -0.299 e. The van der Waals surface area contributed by atoms with E-state index in [0.29, 0.717) is 0 Å². The topological polar surface area (TPSA) is 17.1 Å². The van der Waals surface area contributed by atoms with Crippen molar-refractivity contribution in [1.29, 1.82) is 0 Å². The largest absolute Gasteiger partial charge is 0.389 e. The number of Topliss-reactive ketones (excluding diaryl/α,β-unsaturated/α-hetero) is 1. The molecule has 0 amide bonds. The lowest BCUT2D eigenvalue weighted by molar-refractivity contribution is -0.137. The summed E-state index contributed by atoms with van der Waals surface area (Å²) in [5.74, 6) is -0.186. The Bertz CT molecular complexity index is 160. The first-order valence-corrected chi connectivity index (χ1v) is 3.65. The first kappa shape index (κ1) is 11.2. The molecular weight excluding hydrogens is 169 g/mol. The number of halogens is 3. The lowest BCUT2D eigenvalue weighted by atomic mass is 10.1. The highest BCUT2D eigenvalue weighted by atomic mass is 19.4. The molecule has 0 aliphatic rings. The zero-order chi connectivity index (χ0) is 9.61. The Labute approximate surface area is 69.3 Å². The van der Waals surface area contributed by atoms with Gasteiger partial charge in [-0.05, 0) is 6.42 Å². The Hall–Kier alpha value is -0.800. The molecule has 0 atom stereocenters. The van der Waals surface area contributed by atoms with Crippen LogP contribution >= 0.6 is 0 Å². The van der Waals surface area contributed by atoms with Crippen molar-refractivity contribution in [2.45, 2.75) is 31.9 Å². The molecule has 4 heteroatoms. The summed E-state index contributed by atoms with van der Waals surface area (Å²) >= 11 is 0. The van der Waals surface area contributed by atoms with Gasteiger partial charge < -0.3 is 0 Å². The van der Waals surface area contributed by atoms with Crippen molar-refractivity contribution in [2.75, 3.05) is 0 Å². The van der Waals surface area contributed by atoms with E-state index in [9.17, 15) is 18.0 Å². The molecule has 0 aliphatic heterocycles. The second kappa shape index (κ2) is 4.95. The number of hydrogen-bond donors (Lipinski definition) is 0. The molecule has 1 nitrogen and oxygen atoms in total. The Morgan fingerprint density at radius 2 is 2.00 bits per heavy atom. The van der Waals surface area contributed by atoms with E-state index in [1.54, 1.807) is 0 Å². The van der Waals surface area contributed by atoms with Crippen molar-refractivity contribution in [2.24, 2.45) is 0 Å². The van der Waals surface area contributed by atoms with E-state index >= 15 is 0 Å². The van der Waals surface area contributed by atoms with E-state index in [1.165, 1.54) is 6.08 Å². The summed E-state index contributed by atoms with van der Waals surface area (Å²) in [5.41, 5.74) is 0. The third-order valence-corrected chi connectivity index (χ3v) is 1.29. The predicted molar refractivity (Wildman–Crippen MR) is 39.7 cm³/mol. The van der Waals surface area contributed by atoms with E-state index in [1.807, 2.05) is 0 Å². The van der Waals surface area contributed by atoms with Gasteiger partial charge in [-0.15, -0.1) is 6.58 Å². The lowest BCUT2D eigenvalue weighted by Gasteiger charge is -2.03. The lowest BCUT2D eigenvalue weighted by Crippen LogP contribution is -2.08. The molecule has 0 aromatic rings. The van der Waals surface area contributed by atoms with Gasteiger partial charge in [0.1, 0.15) is 5.78 Å². The fourth-order valence-corrected chi connectivity index (χ4v) is 0.749. The molecule has 0 saturated heterocycles. The second-order valence-electron chi connectivity index (χ2n) is 2.50. The minimum absolute atomic E-state index is 0.00840. The van der Waals surface area contributed by atoms with Gasteiger partial charge in [0.15, 0.2) is 0 Å². The molecule has 0 N–H and O–H groups in total. The van der Waals surface area contributed by atoms with Crippen molar-refractivity contribution in [1.82, 2.24) is 0 Å². The van der Waals surface area contributed by atoms with Crippen LogP contribution in [-0.4, -0.2) is 12.0 Å². The first-order valence-electron chi connectivity index (χ1n) is 3.65. The maximum atomic E-state index is 11.6. The van der Waals surface area contributed by atoms with Crippen LogP contribution in [0.5, 0.6) is 0 Å². The summed E-state index contributed by atoms with van der Waals surface area (Å²) in [6.07, 6.45) is -3.58. The third-order valence-electron chi connectivity index (χ3n) is 1.29. The fraction of sp³-hybridized carbons (Fsp3) is 0.625. The number of allylic oxidation sites excluding steroid dienone is 1. The van der Waals surface area contributed by atoms with Crippen LogP contribution in [0.4, 0.5) is 13.2 Å². The van der Waals surface area contributed by atoms with Crippen LogP contribution in [-0.2, 0) is 4.79 Å². The number of rotatable bonds is 5. The van der Waals surface area contributed by atoms with Crippen molar-refractivity contribution in [3.05, 3.63) is 12.7 Å². The summed E-state index contributed by atoms with van der Waals surface area (Å²) < 4.78 is 34.7. The van der Waals surface area contributed by atoms with E-state index in [2.05, 4.69) is 6.58 Å². The quantitative estimate of drug-likeness (QED) is 0.594. The van der Waals surface area contributed by atoms with Crippen LogP contribution in [0.15, 0.2) is 12.7 Å². The average molecular weight is 180 g/mol. The van der Waals surface area contributed by atoms with Gasteiger partial charge in [0.2, 0.25) is 0 Å². The summed E-state index contributed by atoms with van der Waals surface area (Å²) in [7, 11) is 0. The van der Waals surface area contributed by atoms with Gasteiger partial charge in [-0.25, -0.2) is 0 Å². The molecule has 0 aromatic heterocycles. The van der Waals surface area contributed by atoms with Gasteiger partial charge in [-0.2, -0.15) is 13.2 Å². The molecule has 0 fully saturated rings. The number of carbonyl (C=O) groups is 1. The molecule has 0 saturated carbocycles. The SMILES string of the molecule is C=CCC(=O)CCCC(F)(F)F. The highest BCUT2D eigenvalue weighted by molar-refractivity contribution is 5.79. The van der Waals surface area contributed by atoms with Crippen LogP contribution in [0.3, 0.4) is 0 Å². The van der Waals surface area contributed by atoms with Crippen molar-refractivity contribution in [3.63, 3.8) is 0 Å². The maximum Gasteiger partial charge on any atom is 0.389 e. The number of hydrogen-bond acceptors (Lipinski definition) is 1. The van der Waals surface area contributed by atoms with Crippen LogP contribution < -0.4 is 0 Å². The molecule has 0 rings (SSSR count). The summed E-state index contributed by atoms with van der Waals surface area (Å²) in [6.45, 7) is 3.31. The number of carbonyl (C=O) groups excluding carboxylic acids is 1. The van der Waals surface area contributed by atoms with Crippen LogP contribution in [0, 0.1) is 0 Å². The van der Waals surface area contributed by atoms with Crippen molar-refractivity contribution >= 4 is 5.78 Å². The summed E-state index contributed by atoms with van der Waals surface area (Å²) in [4.78, 5) is 10.7. The maximum absolute atomic E-state index is 11.6. The standard InChI is InChI=1S/C8H11F3O/c1-2-4-7(12)5-3-6-8(9,10)11/h2H,1,3-6H2. The molecule has 0 radical (unpaired) electrons. The molecule has 0 aromatic carbocycles. The van der Waals surface area contributed by atoms with E-state index < -0.39 is 12.6 Å². The Balaban J connectivity index is 3.43. The normalized spacial score (nSPS) is 11.2. The fourth-order valence-electron chi connectivity index (χ4n) is 0.749. The Morgan fingerprint density at radius 3 is 2.42 bits per heavy atom. The highest BCUT2D eigenvalue weighted by Gasteiger charge is 2.26. The zero-order valence-electron chi connectivity index (χ0n) is 6.66. The molecule has 0 bridgehead atoms. The van der Waals surface area contributed by atoms with E-state index in [-0.39, 0.29) is 25.0 Å². The summed E-state index contributed by atoms with van der Waals surface area (Å²) in [6, 6.07) is 0. The minimum atomic E-state index is -4.14. The molecule has 70 valence electrons. The van der Waals surface area contributed by atoms with Gasteiger partial charge in [-0.3, -0.25) is 4.79 Å². The zero-order valence-corrected chi connectivity index (χ0v) is 6.66. The predicted octanol–water partition coefficient (Wildman–Crippen LogP) is 2.86. The molecular formula is C8H11F3O. The Kier molecular flexibility index (Phi) is 4.62. The van der Waals surface area contributed by atoms with Gasteiger partial charge in [0.25, 0.3) is 0 Å². The molecule has 0 heterocycles. The van der Waals surface area contributed by atoms with Crippen LogP contribution in [0.2, 0.25) is 0 Å². The number of alkyl halides is 3. The first-order chi connectivity index (χ1) is 5.45. The van der Waals surface area contributed by atoms with Crippen molar-refractivity contribution < 1.29 is 18.0 Å². The third kappa shape index (κ3) is 7.31. The summed E-state index contributed by atoms with van der Waals surface area (Å²) in [5, 5.41) is 0. The van der Waals surface area contributed by atoms with E-state index in [4.69, 9.17) is 0 Å². The van der Waals surface area contributed by atoms with Gasteiger partial charge in [0, 0.05) is 19.3 Å². The second-order valence-corrected chi connectivity index (χ2v) is 2.50. The number of ketones is 1. The Morgan fingerprint density at radius 1 is 1.42 bits per heavy atom. The molecule has 0 unspecified atom stereocenters. The van der Waals surface area contributed by atoms with E-state index in [0.717, 1.165) is 0 Å². The molecule has 0 aliphatic carbocycles. The molecule has 12 heavy (non-hydrogen) atoms. The van der Waals surface area contributed by atoms with Gasteiger partial charge >= 0.3 is 6.18 Å². The van der Waals surface area contributed by atoms with Gasteiger partial charge in [0.05, 0.1) is 0 Å². The monoisotopic (exact) mass is 180 g/mol. The average Bonchev–Trinajstić information content (AvgIpc) is 1.84. The highest BCUT2D eigenvalue weighted by Crippen LogP contribution is 2.22. The molecule has 0 spiro atoms. The smallest absolute Gasteiger partial charge is 0.299 e. The van der Waals surface area contributed by atoms with Crippen LogP contribution in [0.25, 0.3) is 0 Å². The van der Waals surface area contributed by atoms with Crippen LogP contribution in [0.1, 0.15) is 25.7 Å². The van der Waals surface area contributed by atoms with Crippen molar-refractivity contribution in [3.8, 4) is 0 Å². The van der Waals surface area contributed by atoms with Gasteiger partial charge in [-0.1, -0.05) is 6.08 Å².